The smallest absolute Gasteiger partial charge is 0.343 e. The lowest BCUT2D eigenvalue weighted by Gasteiger charge is -2.46. The number of halogens is 2. The molecule has 13 nitrogen and oxygen atoms in total. The number of ether oxygens (including phenoxy) is 1. The van der Waals surface area contributed by atoms with E-state index in [0.29, 0.717) is 19.3 Å². The number of nitrogens with zero attached hydrogens (tertiary/aromatic N) is 2. The highest BCUT2D eigenvalue weighted by molar-refractivity contribution is 5.98. The Morgan fingerprint density at radius 3 is 2.74 bits per heavy atom. The van der Waals surface area contributed by atoms with Gasteiger partial charge in [0.2, 0.25) is 5.79 Å². The van der Waals surface area contributed by atoms with E-state index in [1.165, 1.54) is 4.90 Å². The summed E-state index contributed by atoms with van der Waals surface area (Å²) in [5, 5.41) is 30.7. The molecule has 0 bridgehead atoms. The summed E-state index contributed by atoms with van der Waals surface area (Å²) in [6.07, 6.45) is 0.773. The number of carbonyl (C=O) groups excluding carboxylic acids is 2. The van der Waals surface area contributed by atoms with E-state index in [1.807, 2.05) is 6.07 Å². The molecular weight excluding hydrogens is 518 g/mol. The Morgan fingerprint density at radius 2 is 2.05 bits per heavy atom. The van der Waals surface area contributed by atoms with Crippen LogP contribution in [0, 0.1) is 0 Å². The molecule has 2 unspecified atom stereocenters. The topological polar surface area (TPSA) is 202 Å². The predicted molar refractivity (Wildman–Crippen MR) is 134 cm³/mol. The van der Waals surface area contributed by atoms with Crippen LogP contribution in [-0.4, -0.2) is 94.0 Å². The molecule has 2 amide bonds. The number of aliphatic hydroxyl groups is 2. The lowest BCUT2D eigenvalue weighted by atomic mass is 9.79. The van der Waals surface area contributed by atoms with Crippen molar-refractivity contribution in [2.75, 3.05) is 19.7 Å². The van der Waals surface area contributed by atoms with Crippen LogP contribution < -0.4 is 37.1 Å². The van der Waals surface area contributed by atoms with E-state index < -0.39 is 53.9 Å². The minimum absolute atomic E-state index is 0.0562. The van der Waals surface area contributed by atoms with Crippen LogP contribution >= 0.6 is 0 Å². The van der Waals surface area contributed by atoms with E-state index >= 15 is 0 Å². The number of nitrogens with two attached hydrogens (primary N) is 2. The number of hydrogen-bond donors (Lipinski definition) is 8. The third-order valence-electron chi connectivity index (χ3n) is 8.02. The van der Waals surface area contributed by atoms with Crippen LogP contribution in [-0.2, 0) is 10.2 Å². The lowest BCUT2D eigenvalue weighted by molar-refractivity contribution is -0.521. The highest BCUT2D eigenvalue weighted by Gasteiger charge is 2.76. The van der Waals surface area contributed by atoms with Crippen molar-refractivity contribution in [3.05, 3.63) is 29.3 Å². The second-order valence-corrected chi connectivity index (χ2v) is 11.1. The average molecular weight is 552 g/mol. The normalized spacial score (nSPS) is 30.0. The first-order chi connectivity index (χ1) is 18.1. The SMILES string of the molecule is CC(F)(F)C(=O)NC[C@@H]1N=C(N)N2CC(NC(=O)c3cccc4c3OCCC4(C)C)C(O)(O)C23NC(N)=[NH+][C@@H]13. The van der Waals surface area contributed by atoms with Crippen LogP contribution in [0.2, 0.25) is 0 Å². The Balaban J connectivity index is 1.43. The minimum atomic E-state index is -3.63. The van der Waals surface area contributed by atoms with Gasteiger partial charge in [0.1, 0.15) is 17.8 Å². The van der Waals surface area contributed by atoms with Gasteiger partial charge in [0.15, 0.2) is 12.0 Å². The molecule has 1 saturated heterocycles. The summed E-state index contributed by atoms with van der Waals surface area (Å²) < 4.78 is 32.7. The number of guanidine groups is 2. The van der Waals surface area contributed by atoms with Crippen molar-refractivity contribution in [3.63, 3.8) is 0 Å². The fourth-order valence-corrected chi connectivity index (χ4v) is 5.87. The van der Waals surface area contributed by atoms with Gasteiger partial charge in [-0.25, -0.2) is 10.3 Å². The molecule has 10 N–H and O–H groups in total. The first kappa shape index (κ1) is 26.9. The number of carbonyl (C=O) groups is 2. The summed E-state index contributed by atoms with van der Waals surface area (Å²) in [6, 6.07) is 1.86. The highest BCUT2D eigenvalue weighted by atomic mass is 19.3. The maximum absolute atomic E-state index is 13.5. The standard InChI is InChI=1S/C24H32F2N8O5/c1-21(2)7-8-39-15-11(5-4-6-12(15)21)17(35)31-14-10-34-20(28)30-13(9-29-18(36)22(3,25)26)16-23(34,24(14,37)38)33-19(27)32-16/h4-6,13-14,16,37-38H,7-10H2,1-3H3,(H2,28,30)(H,29,36)(H,31,35)(H3,27,32,33)/p+1/t13-,14?,16-,23?/m0/s1. The van der Waals surface area contributed by atoms with Crippen LogP contribution in [0.5, 0.6) is 5.75 Å². The van der Waals surface area contributed by atoms with Crippen LogP contribution in [0.25, 0.3) is 0 Å². The van der Waals surface area contributed by atoms with Crippen LogP contribution in [0.4, 0.5) is 8.78 Å². The Hall–Kier alpha value is -3.72. The third-order valence-corrected chi connectivity index (χ3v) is 8.02. The number of alkyl halides is 2. The first-order valence-corrected chi connectivity index (χ1v) is 12.6. The molecular formula is C24H33F2N8O5+. The van der Waals surface area contributed by atoms with Gasteiger partial charge in [-0.2, -0.15) is 8.78 Å². The van der Waals surface area contributed by atoms with Crippen molar-refractivity contribution in [1.82, 2.24) is 20.9 Å². The molecule has 1 aromatic carbocycles. The van der Waals surface area contributed by atoms with E-state index in [-0.39, 0.29) is 29.4 Å². The molecule has 4 aliphatic rings. The van der Waals surface area contributed by atoms with Gasteiger partial charge in [0.25, 0.3) is 17.5 Å². The first-order valence-electron chi connectivity index (χ1n) is 12.6. The molecule has 0 aliphatic carbocycles. The van der Waals surface area contributed by atoms with Gasteiger partial charge in [-0.15, -0.1) is 0 Å². The number of nitrogens with one attached hydrogen (secondary N) is 4. The Bertz CT molecular complexity index is 1280. The average Bonchev–Trinajstić information content (AvgIpc) is 3.31. The zero-order valence-corrected chi connectivity index (χ0v) is 21.7. The van der Waals surface area contributed by atoms with Crippen molar-refractivity contribution in [3.8, 4) is 5.75 Å². The molecule has 1 aromatic rings. The summed E-state index contributed by atoms with van der Waals surface area (Å²) >= 11 is 0. The van der Waals surface area contributed by atoms with Gasteiger partial charge in [0, 0.05) is 19.0 Å². The van der Waals surface area contributed by atoms with Gasteiger partial charge >= 0.3 is 11.9 Å². The summed E-state index contributed by atoms with van der Waals surface area (Å²) in [6.45, 7) is 4.41. The molecule has 4 heterocycles. The van der Waals surface area contributed by atoms with Crippen molar-refractivity contribution >= 4 is 23.7 Å². The van der Waals surface area contributed by atoms with E-state index in [9.17, 15) is 28.6 Å². The number of amides is 2. The van der Waals surface area contributed by atoms with Crippen LogP contribution in [0.3, 0.4) is 0 Å². The molecule has 5 rings (SSSR count). The zero-order valence-electron chi connectivity index (χ0n) is 21.7. The minimum Gasteiger partial charge on any atom is -0.492 e. The highest BCUT2D eigenvalue weighted by Crippen LogP contribution is 2.43. The van der Waals surface area contributed by atoms with E-state index in [0.717, 1.165) is 12.0 Å². The second kappa shape index (κ2) is 8.64. The van der Waals surface area contributed by atoms with Crippen LogP contribution in [0.15, 0.2) is 23.2 Å². The number of benzene rings is 1. The number of fused-ring (bicyclic) bond motifs is 1. The quantitative estimate of drug-likeness (QED) is 0.170. The van der Waals surface area contributed by atoms with Gasteiger partial charge < -0.3 is 31.3 Å². The summed E-state index contributed by atoms with van der Waals surface area (Å²) in [5.41, 5.74) is 11.2. The molecule has 212 valence electrons. The molecule has 15 heteroatoms. The fraction of sp³-hybridized carbons (Fsp3) is 0.583. The zero-order chi connectivity index (χ0) is 28.5. The summed E-state index contributed by atoms with van der Waals surface area (Å²) in [4.78, 5) is 33.7. The van der Waals surface area contributed by atoms with Crippen molar-refractivity contribution in [1.29, 1.82) is 0 Å². The maximum atomic E-state index is 13.5. The summed E-state index contributed by atoms with van der Waals surface area (Å²) in [5.74, 6) is -8.24. The Morgan fingerprint density at radius 1 is 1.33 bits per heavy atom. The van der Waals surface area contributed by atoms with E-state index in [2.05, 4.69) is 39.8 Å². The molecule has 4 aliphatic heterocycles. The number of hydrogen-bond acceptors (Lipinski definition) is 10. The third kappa shape index (κ3) is 4.02. The number of aliphatic imine (C=N–C) groups is 1. The molecule has 1 fully saturated rings. The van der Waals surface area contributed by atoms with Crippen molar-refractivity contribution in [2.24, 2.45) is 16.5 Å². The van der Waals surface area contributed by atoms with Gasteiger partial charge in [-0.3, -0.25) is 25.2 Å². The van der Waals surface area contributed by atoms with Crippen molar-refractivity contribution in [2.45, 2.75) is 68.1 Å². The Labute approximate surface area is 222 Å². The molecule has 0 radical (unpaired) electrons. The lowest BCUT2D eigenvalue weighted by Crippen LogP contribution is -2.90. The monoisotopic (exact) mass is 551 g/mol. The van der Waals surface area contributed by atoms with Crippen molar-refractivity contribution < 1.29 is 38.3 Å². The van der Waals surface area contributed by atoms with E-state index in [1.54, 1.807) is 12.1 Å². The number of para-hydroxylation sites is 1. The predicted octanol–water partition coefficient (Wildman–Crippen LogP) is -3.63. The Kier molecular flexibility index (Phi) is 5.95. The van der Waals surface area contributed by atoms with E-state index in [4.69, 9.17) is 16.2 Å². The summed E-state index contributed by atoms with van der Waals surface area (Å²) in [7, 11) is 0. The number of rotatable bonds is 5. The van der Waals surface area contributed by atoms with Gasteiger partial charge in [0.05, 0.1) is 18.7 Å². The second-order valence-electron chi connectivity index (χ2n) is 11.1. The largest absolute Gasteiger partial charge is 0.492 e. The molecule has 39 heavy (non-hydrogen) atoms. The molecule has 0 aromatic heterocycles. The molecule has 4 atom stereocenters. The molecule has 0 saturated carbocycles. The maximum Gasteiger partial charge on any atom is 0.343 e. The van der Waals surface area contributed by atoms with Gasteiger partial charge in [-0.1, -0.05) is 26.0 Å². The van der Waals surface area contributed by atoms with Gasteiger partial charge in [-0.05, 0) is 17.9 Å². The molecule has 1 spiro atoms. The van der Waals surface area contributed by atoms with Crippen LogP contribution in [0.1, 0.15) is 43.1 Å². The fourth-order valence-electron chi connectivity index (χ4n) is 5.87.